The summed E-state index contributed by atoms with van der Waals surface area (Å²) in [6.07, 6.45) is 8.84. The first kappa shape index (κ1) is 15.0. The molecule has 0 bridgehead atoms. The van der Waals surface area contributed by atoms with Crippen LogP contribution in [0, 0.1) is 0 Å². The molecule has 1 aliphatic rings. The molecule has 0 radical (unpaired) electrons. The number of carbonyl (C=O) groups excluding carboxylic acids is 1. The van der Waals surface area contributed by atoms with Gasteiger partial charge in [-0.2, -0.15) is 0 Å². The fraction of sp³-hybridized carbons (Fsp3) is 0.588. The van der Waals surface area contributed by atoms with E-state index in [-0.39, 0.29) is 5.91 Å². The van der Waals surface area contributed by atoms with Crippen LogP contribution in [0.2, 0.25) is 0 Å². The van der Waals surface area contributed by atoms with Crippen molar-refractivity contribution in [3.63, 3.8) is 0 Å². The molecule has 1 aromatic rings. The van der Waals surface area contributed by atoms with Gasteiger partial charge in [0.15, 0.2) is 0 Å². The first-order chi connectivity index (χ1) is 9.68. The van der Waals surface area contributed by atoms with Gasteiger partial charge in [0.2, 0.25) is 5.91 Å². The molecule has 20 heavy (non-hydrogen) atoms. The molecule has 1 saturated carbocycles. The third-order valence-electron chi connectivity index (χ3n) is 4.44. The van der Waals surface area contributed by atoms with Gasteiger partial charge >= 0.3 is 0 Å². The highest BCUT2D eigenvalue weighted by Gasteiger charge is 2.17. The molecular formula is C17H26N2O. The van der Waals surface area contributed by atoms with Gasteiger partial charge in [-0.25, -0.2) is 0 Å². The van der Waals surface area contributed by atoms with E-state index in [0.29, 0.717) is 5.56 Å². The maximum absolute atomic E-state index is 11.4. The molecule has 0 aliphatic heterocycles. The minimum absolute atomic E-state index is 0.318. The number of rotatable bonds is 6. The van der Waals surface area contributed by atoms with E-state index >= 15 is 0 Å². The average Bonchev–Trinajstić information content (AvgIpc) is 2.48. The van der Waals surface area contributed by atoms with Crippen molar-refractivity contribution in [2.45, 2.75) is 51.0 Å². The molecular weight excluding hydrogens is 248 g/mol. The van der Waals surface area contributed by atoms with Crippen LogP contribution < -0.4 is 5.73 Å². The smallest absolute Gasteiger partial charge is 0.248 e. The second-order valence-electron chi connectivity index (χ2n) is 5.90. The number of hydrogen-bond donors (Lipinski definition) is 1. The van der Waals surface area contributed by atoms with E-state index in [1.807, 2.05) is 24.3 Å². The molecule has 3 heteroatoms. The molecule has 2 rings (SSSR count). The van der Waals surface area contributed by atoms with E-state index in [4.69, 9.17) is 5.73 Å². The average molecular weight is 274 g/mol. The van der Waals surface area contributed by atoms with Crippen LogP contribution >= 0.6 is 0 Å². The minimum Gasteiger partial charge on any atom is -0.366 e. The first-order valence-electron chi connectivity index (χ1n) is 7.76. The van der Waals surface area contributed by atoms with Crippen molar-refractivity contribution in [1.29, 1.82) is 0 Å². The lowest BCUT2D eigenvalue weighted by Gasteiger charge is -2.31. The van der Waals surface area contributed by atoms with E-state index in [1.165, 1.54) is 32.1 Å². The van der Waals surface area contributed by atoms with Crippen molar-refractivity contribution < 1.29 is 4.79 Å². The predicted molar refractivity (Wildman–Crippen MR) is 82.8 cm³/mol. The van der Waals surface area contributed by atoms with Gasteiger partial charge in [0.05, 0.1) is 0 Å². The number of benzene rings is 1. The molecule has 2 N–H and O–H groups in total. The largest absolute Gasteiger partial charge is 0.366 e. The highest BCUT2D eigenvalue weighted by atomic mass is 16.1. The Labute approximate surface area is 122 Å². The minimum atomic E-state index is -0.318. The van der Waals surface area contributed by atoms with E-state index in [2.05, 4.69) is 11.9 Å². The third-order valence-corrected chi connectivity index (χ3v) is 4.44. The van der Waals surface area contributed by atoms with Crippen LogP contribution in [-0.4, -0.2) is 30.4 Å². The molecule has 0 atom stereocenters. The SMILES string of the molecule is CN(CCCc1ccccc1C(N)=O)C1CCCCC1. The summed E-state index contributed by atoms with van der Waals surface area (Å²) < 4.78 is 0. The fourth-order valence-electron chi connectivity index (χ4n) is 3.20. The molecule has 1 aromatic carbocycles. The number of nitrogens with two attached hydrogens (primary N) is 1. The third kappa shape index (κ3) is 4.07. The summed E-state index contributed by atoms with van der Waals surface area (Å²) in [4.78, 5) is 13.9. The van der Waals surface area contributed by atoms with Gasteiger partial charge in [0.1, 0.15) is 0 Å². The Morgan fingerprint density at radius 3 is 2.65 bits per heavy atom. The summed E-state index contributed by atoms with van der Waals surface area (Å²) in [5.41, 5.74) is 7.17. The summed E-state index contributed by atoms with van der Waals surface area (Å²) in [6.45, 7) is 1.10. The highest BCUT2D eigenvalue weighted by molar-refractivity contribution is 5.94. The lowest BCUT2D eigenvalue weighted by atomic mass is 9.94. The van der Waals surface area contributed by atoms with Crippen LogP contribution in [0.3, 0.4) is 0 Å². The van der Waals surface area contributed by atoms with E-state index in [0.717, 1.165) is 31.0 Å². The topological polar surface area (TPSA) is 46.3 Å². The quantitative estimate of drug-likeness (QED) is 0.867. The monoisotopic (exact) mass is 274 g/mol. The molecule has 110 valence electrons. The summed E-state index contributed by atoms with van der Waals surface area (Å²) >= 11 is 0. The van der Waals surface area contributed by atoms with Crippen LogP contribution in [-0.2, 0) is 6.42 Å². The molecule has 0 saturated heterocycles. The van der Waals surface area contributed by atoms with Gasteiger partial charge in [0.25, 0.3) is 0 Å². The molecule has 1 aliphatic carbocycles. The molecule has 1 fully saturated rings. The molecule has 1 amide bonds. The zero-order valence-corrected chi connectivity index (χ0v) is 12.5. The van der Waals surface area contributed by atoms with Crippen LogP contribution in [0.4, 0.5) is 0 Å². The van der Waals surface area contributed by atoms with Gasteiger partial charge in [-0.05, 0) is 50.9 Å². The fourth-order valence-corrected chi connectivity index (χ4v) is 3.20. The molecule has 0 spiro atoms. The Hall–Kier alpha value is -1.35. The second kappa shape index (κ2) is 7.44. The summed E-state index contributed by atoms with van der Waals surface area (Å²) in [5.74, 6) is -0.318. The Kier molecular flexibility index (Phi) is 5.60. The zero-order chi connectivity index (χ0) is 14.4. The molecule has 0 aromatic heterocycles. The van der Waals surface area contributed by atoms with E-state index < -0.39 is 0 Å². The number of aryl methyl sites for hydroxylation is 1. The van der Waals surface area contributed by atoms with E-state index in [9.17, 15) is 4.79 Å². The Balaban J connectivity index is 1.82. The lowest BCUT2D eigenvalue weighted by Crippen LogP contribution is -2.34. The van der Waals surface area contributed by atoms with Crippen molar-refractivity contribution in [3.05, 3.63) is 35.4 Å². The summed E-state index contributed by atoms with van der Waals surface area (Å²) in [6, 6.07) is 8.45. The lowest BCUT2D eigenvalue weighted by molar-refractivity contribution is 0.0999. The maximum Gasteiger partial charge on any atom is 0.248 e. The van der Waals surface area contributed by atoms with Crippen LogP contribution in [0.15, 0.2) is 24.3 Å². The zero-order valence-electron chi connectivity index (χ0n) is 12.5. The van der Waals surface area contributed by atoms with Gasteiger partial charge in [0, 0.05) is 11.6 Å². The normalized spacial score (nSPS) is 16.5. The number of primary amides is 1. The van der Waals surface area contributed by atoms with Gasteiger partial charge in [-0.1, -0.05) is 37.5 Å². The van der Waals surface area contributed by atoms with Crippen LogP contribution in [0.25, 0.3) is 0 Å². The highest BCUT2D eigenvalue weighted by Crippen LogP contribution is 2.22. The van der Waals surface area contributed by atoms with Crippen molar-refractivity contribution in [2.24, 2.45) is 5.73 Å². The Morgan fingerprint density at radius 1 is 1.25 bits per heavy atom. The molecule has 0 heterocycles. The molecule has 0 unspecified atom stereocenters. The van der Waals surface area contributed by atoms with Crippen molar-refractivity contribution >= 4 is 5.91 Å². The van der Waals surface area contributed by atoms with E-state index in [1.54, 1.807) is 0 Å². The van der Waals surface area contributed by atoms with Crippen molar-refractivity contribution in [1.82, 2.24) is 4.90 Å². The van der Waals surface area contributed by atoms with Crippen molar-refractivity contribution in [2.75, 3.05) is 13.6 Å². The number of carbonyl (C=O) groups is 1. The van der Waals surface area contributed by atoms with Gasteiger partial charge in [-0.3, -0.25) is 4.79 Å². The molecule has 3 nitrogen and oxygen atoms in total. The van der Waals surface area contributed by atoms with Gasteiger partial charge < -0.3 is 10.6 Å². The number of nitrogens with zero attached hydrogens (tertiary/aromatic N) is 1. The first-order valence-corrected chi connectivity index (χ1v) is 7.76. The van der Waals surface area contributed by atoms with Gasteiger partial charge in [-0.15, -0.1) is 0 Å². The number of amides is 1. The maximum atomic E-state index is 11.4. The summed E-state index contributed by atoms with van der Waals surface area (Å²) in [5, 5.41) is 0. The summed E-state index contributed by atoms with van der Waals surface area (Å²) in [7, 11) is 2.23. The number of hydrogen-bond acceptors (Lipinski definition) is 2. The van der Waals surface area contributed by atoms with Crippen molar-refractivity contribution in [3.8, 4) is 0 Å². The van der Waals surface area contributed by atoms with Crippen LogP contribution in [0.5, 0.6) is 0 Å². The standard InChI is InChI=1S/C17H26N2O/c1-19(15-10-3-2-4-11-15)13-7-9-14-8-5-6-12-16(14)17(18)20/h5-6,8,12,15H,2-4,7,9-11,13H2,1H3,(H2,18,20). The Morgan fingerprint density at radius 2 is 1.95 bits per heavy atom. The van der Waals surface area contributed by atoms with Crippen LogP contribution in [0.1, 0.15) is 54.4 Å². The second-order valence-corrected chi connectivity index (χ2v) is 5.90. The Bertz CT molecular complexity index is 438. The predicted octanol–water partition coefficient (Wildman–Crippen LogP) is 2.98.